The van der Waals surface area contributed by atoms with Crippen LogP contribution in [0.2, 0.25) is 0 Å². The Morgan fingerprint density at radius 1 is 1.19 bits per heavy atom. The third kappa shape index (κ3) is 3.09. The average Bonchev–Trinajstić information content (AvgIpc) is 2.99. The number of H-pyrrole nitrogens is 1. The Bertz CT molecular complexity index is 1030. The first-order chi connectivity index (χ1) is 12.4. The van der Waals surface area contributed by atoms with Gasteiger partial charge in [-0.1, -0.05) is 38.1 Å². The summed E-state index contributed by atoms with van der Waals surface area (Å²) in [5.41, 5.74) is 2.44. The number of aromatic amines is 1. The van der Waals surface area contributed by atoms with Gasteiger partial charge in [-0.25, -0.2) is 9.49 Å². The molecule has 1 fully saturated rings. The van der Waals surface area contributed by atoms with Crippen LogP contribution in [-0.2, 0) is 6.42 Å². The Morgan fingerprint density at radius 2 is 1.96 bits per heavy atom. The average molecular weight is 351 g/mol. The van der Waals surface area contributed by atoms with Gasteiger partial charge >= 0.3 is 0 Å². The van der Waals surface area contributed by atoms with Crippen LogP contribution < -0.4 is 10.5 Å². The minimum Gasteiger partial charge on any atom is -0.369 e. The highest BCUT2D eigenvalue weighted by Crippen LogP contribution is 2.34. The second kappa shape index (κ2) is 6.24. The molecular formula is C21H22FN3O. The Morgan fingerprint density at radius 3 is 2.69 bits per heavy atom. The van der Waals surface area contributed by atoms with Gasteiger partial charge in [0.2, 0.25) is 0 Å². The van der Waals surface area contributed by atoms with E-state index in [9.17, 15) is 9.18 Å². The van der Waals surface area contributed by atoms with Gasteiger partial charge < -0.3 is 4.90 Å². The van der Waals surface area contributed by atoms with Gasteiger partial charge in [0.05, 0.1) is 16.8 Å². The minimum absolute atomic E-state index is 0.189. The first-order valence-electron chi connectivity index (χ1n) is 8.93. The summed E-state index contributed by atoms with van der Waals surface area (Å²) in [6.07, 6.45) is 1.60. The molecule has 1 N–H and O–H groups in total. The van der Waals surface area contributed by atoms with E-state index in [0.717, 1.165) is 36.2 Å². The van der Waals surface area contributed by atoms with Crippen LogP contribution >= 0.6 is 0 Å². The fourth-order valence-corrected chi connectivity index (χ4v) is 3.73. The SMILES string of the molecule is CC1(C)CCN(c2cc(Cc3n[nH]c(=O)c4ccccc34)ccc2F)C1. The Labute approximate surface area is 151 Å². The molecule has 5 heteroatoms. The van der Waals surface area contributed by atoms with E-state index in [-0.39, 0.29) is 16.8 Å². The molecule has 4 rings (SSSR count). The minimum atomic E-state index is -0.191. The zero-order chi connectivity index (χ0) is 18.3. The molecule has 3 aromatic rings. The lowest BCUT2D eigenvalue weighted by atomic mass is 9.93. The van der Waals surface area contributed by atoms with E-state index in [1.165, 1.54) is 6.07 Å². The highest BCUT2D eigenvalue weighted by Gasteiger charge is 2.30. The molecule has 1 aliphatic heterocycles. The second-order valence-corrected chi connectivity index (χ2v) is 7.84. The molecule has 0 saturated carbocycles. The van der Waals surface area contributed by atoms with Crippen LogP contribution in [0.15, 0.2) is 47.3 Å². The van der Waals surface area contributed by atoms with Gasteiger partial charge in [0.1, 0.15) is 5.82 Å². The van der Waals surface area contributed by atoms with Gasteiger partial charge in [-0.05, 0) is 35.6 Å². The molecule has 0 atom stereocenters. The van der Waals surface area contributed by atoms with Crippen LogP contribution in [0.3, 0.4) is 0 Å². The van der Waals surface area contributed by atoms with Crippen LogP contribution in [0, 0.1) is 11.2 Å². The Kier molecular flexibility index (Phi) is 4.02. The Balaban J connectivity index is 1.69. The van der Waals surface area contributed by atoms with Crippen molar-refractivity contribution in [2.75, 3.05) is 18.0 Å². The van der Waals surface area contributed by atoms with E-state index >= 15 is 0 Å². The van der Waals surface area contributed by atoms with E-state index < -0.39 is 0 Å². The van der Waals surface area contributed by atoms with Crippen LogP contribution in [-0.4, -0.2) is 23.3 Å². The molecular weight excluding hydrogens is 329 g/mol. The van der Waals surface area contributed by atoms with Crippen molar-refractivity contribution in [1.82, 2.24) is 10.2 Å². The van der Waals surface area contributed by atoms with E-state index in [4.69, 9.17) is 0 Å². The van der Waals surface area contributed by atoms with E-state index in [2.05, 4.69) is 28.9 Å². The molecule has 0 amide bonds. The van der Waals surface area contributed by atoms with Crippen molar-refractivity contribution in [3.63, 3.8) is 0 Å². The van der Waals surface area contributed by atoms with Gasteiger partial charge in [-0.2, -0.15) is 5.10 Å². The van der Waals surface area contributed by atoms with Crippen molar-refractivity contribution in [2.45, 2.75) is 26.7 Å². The number of nitrogens with zero attached hydrogens (tertiary/aromatic N) is 2. The molecule has 1 aromatic heterocycles. The molecule has 0 radical (unpaired) electrons. The van der Waals surface area contributed by atoms with Crippen molar-refractivity contribution in [2.24, 2.45) is 5.41 Å². The summed E-state index contributed by atoms with van der Waals surface area (Å²) in [5, 5.41) is 8.26. The van der Waals surface area contributed by atoms with Crippen molar-refractivity contribution >= 4 is 16.5 Å². The summed E-state index contributed by atoms with van der Waals surface area (Å²) in [5.74, 6) is -0.189. The summed E-state index contributed by atoms with van der Waals surface area (Å²) < 4.78 is 14.4. The number of benzene rings is 2. The number of anilines is 1. The molecule has 0 unspecified atom stereocenters. The van der Waals surface area contributed by atoms with Crippen LogP contribution in [0.1, 0.15) is 31.5 Å². The molecule has 2 heterocycles. The molecule has 0 spiro atoms. The third-order valence-corrected chi connectivity index (χ3v) is 5.18. The number of hydrogen-bond acceptors (Lipinski definition) is 3. The maximum atomic E-state index is 14.4. The quantitative estimate of drug-likeness (QED) is 0.779. The smallest absolute Gasteiger partial charge is 0.272 e. The van der Waals surface area contributed by atoms with E-state index in [1.54, 1.807) is 12.1 Å². The van der Waals surface area contributed by atoms with Crippen molar-refractivity contribution in [1.29, 1.82) is 0 Å². The van der Waals surface area contributed by atoms with Gasteiger partial charge in [0.25, 0.3) is 5.56 Å². The fourth-order valence-electron chi connectivity index (χ4n) is 3.73. The number of nitrogens with one attached hydrogen (secondary N) is 1. The third-order valence-electron chi connectivity index (χ3n) is 5.18. The predicted molar refractivity (Wildman–Crippen MR) is 102 cm³/mol. The molecule has 1 saturated heterocycles. The maximum absolute atomic E-state index is 14.4. The zero-order valence-corrected chi connectivity index (χ0v) is 15.1. The maximum Gasteiger partial charge on any atom is 0.272 e. The van der Waals surface area contributed by atoms with Gasteiger partial charge in [-0.3, -0.25) is 4.79 Å². The lowest BCUT2D eigenvalue weighted by Crippen LogP contribution is -2.23. The fraction of sp³-hybridized carbons (Fsp3) is 0.333. The van der Waals surface area contributed by atoms with Crippen molar-refractivity contribution < 1.29 is 4.39 Å². The van der Waals surface area contributed by atoms with Gasteiger partial charge in [0.15, 0.2) is 0 Å². The first kappa shape index (κ1) is 16.8. The van der Waals surface area contributed by atoms with Crippen LogP contribution in [0.25, 0.3) is 10.8 Å². The number of halogens is 1. The normalized spacial score (nSPS) is 16.3. The molecule has 1 aliphatic rings. The molecule has 0 bridgehead atoms. The topological polar surface area (TPSA) is 49.0 Å². The number of fused-ring (bicyclic) bond motifs is 1. The molecule has 2 aromatic carbocycles. The number of aromatic nitrogens is 2. The number of hydrogen-bond donors (Lipinski definition) is 1. The number of rotatable bonds is 3. The summed E-state index contributed by atoms with van der Waals surface area (Å²) in [7, 11) is 0. The highest BCUT2D eigenvalue weighted by atomic mass is 19.1. The van der Waals surface area contributed by atoms with Crippen LogP contribution in [0.4, 0.5) is 10.1 Å². The highest BCUT2D eigenvalue weighted by molar-refractivity contribution is 5.83. The monoisotopic (exact) mass is 351 g/mol. The molecule has 0 aliphatic carbocycles. The van der Waals surface area contributed by atoms with Crippen LogP contribution in [0.5, 0.6) is 0 Å². The van der Waals surface area contributed by atoms with Crippen molar-refractivity contribution in [3.05, 3.63) is 69.9 Å². The summed E-state index contributed by atoms with van der Waals surface area (Å²) in [4.78, 5) is 14.1. The molecule has 134 valence electrons. The lowest BCUT2D eigenvalue weighted by molar-refractivity contribution is 0.418. The summed E-state index contributed by atoms with van der Waals surface area (Å²) in [6, 6.07) is 12.7. The van der Waals surface area contributed by atoms with Crippen molar-refractivity contribution in [3.8, 4) is 0 Å². The summed E-state index contributed by atoms with van der Waals surface area (Å²) in [6.45, 7) is 6.15. The second-order valence-electron chi connectivity index (χ2n) is 7.84. The molecule has 26 heavy (non-hydrogen) atoms. The zero-order valence-electron chi connectivity index (χ0n) is 15.1. The van der Waals surface area contributed by atoms with Gasteiger partial charge in [-0.15, -0.1) is 0 Å². The summed E-state index contributed by atoms with van der Waals surface area (Å²) >= 11 is 0. The Hall–Kier alpha value is -2.69. The standard InChI is InChI=1S/C21H22FN3O/c1-21(2)9-10-25(13-21)19-12-14(7-8-17(19)22)11-18-15-5-3-4-6-16(15)20(26)24-23-18/h3-8,12H,9-11,13H2,1-2H3,(H,24,26). The van der Waals surface area contributed by atoms with E-state index in [1.807, 2.05) is 24.3 Å². The lowest BCUT2D eigenvalue weighted by Gasteiger charge is -2.22. The van der Waals surface area contributed by atoms with E-state index in [0.29, 0.717) is 17.5 Å². The first-order valence-corrected chi connectivity index (χ1v) is 8.93. The molecule has 4 nitrogen and oxygen atoms in total. The predicted octanol–water partition coefficient (Wildman–Crippen LogP) is 3.89. The van der Waals surface area contributed by atoms with Gasteiger partial charge in [0, 0.05) is 24.9 Å². The largest absolute Gasteiger partial charge is 0.369 e.